The highest BCUT2D eigenvalue weighted by atomic mass is 19.4. The number of halogens is 3. The van der Waals surface area contributed by atoms with E-state index in [-0.39, 0.29) is 5.91 Å². The molecular weight excluding hydrogens is 489 g/mol. The van der Waals surface area contributed by atoms with Gasteiger partial charge in [-0.05, 0) is 64.2 Å². The zero-order chi connectivity index (χ0) is 28.3. The predicted molar refractivity (Wildman–Crippen MR) is 144 cm³/mol. The summed E-state index contributed by atoms with van der Waals surface area (Å²) in [6.45, 7) is 11.4. The Morgan fingerprint density at radius 3 is 2.45 bits per heavy atom. The maximum absolute atomic E-state index is 13.6. The zero-order valence-corrected chi connectivity index (χ0v) is 22.5. The normalized spacial score (nSPS) is 17.5. The maximum atomic E-state index is 13.6. The number of rotatable bonds is 9. The van der Waals surface area contributed by atoms with Crippen LogP contribution in [-0.4, -0.2) is 40.0 Å². The molecule has 1 aliphatic heterocycles. The van der Waals surface area contributed by atoms with E-state index in [2.05, 4.69) is 29.5 Å². The van der Waals surface area contributed by atoms with Crippen molar-refractivity contribution in [3.05, 3.63) is 89.6 Å². The fraction of sp³-hybridized carbons (Fsp3) is 0.400. The average molecular weight is 525 g/mol. The van der Waals surface area contributed by atoms with Crippen molar-refractivity contribution in [2.75, 3.05) is 13.1 Å². The van der Waals surface area contributed by atoms with Gasteiger partial charge in [0.2, 0.25) is 0 Å². The van der Waals surface area contributed by atoms with Crippen LogP contribution in [0.3, 0.4) is 0 Å². The fourth-order valence-corrected chi connectivity index (χ4v) is 4.02. The van der Waals surface area contributed by atoms with Crippen LogP contribution in [0.2, 0.25) is 0 Å². The standard InChI is InChI=1S/C30H35F3N4O/c1-6-22(3)9-8-10-26(24(5)27-13-16-35-21-36-27)28(38)37-17-14-29(20-34,15-18-37)19-25(7-2)12-11-23(4)30(31,32)33/h7-13,16,21H,4,6,14-15,17-19H2,1-3,5H3/b10-8-,12-11-,22-9+,25-7+,26-24-. The lowest BCUT2D eigenvalue weighted by atomic mass is 9.74. The molecule has 1 aromatic rings. The number of allylic oxidation sites excluding steroid dienone is 9. The smallest absolute Gasteiger partial charge is 0.339 e. The molecule has 1 fully saturated rings. The molecule has 0 unspecified atom stereocenters. The molecular formula is C30H35F3N4O. The van der Waals surface area contributed by atoms with Gasteiger partial charge in [0.05, 0.1) is 17.2 Å². The summed E-state index contributed by atoms with van der Waals surface area (Å²) in [5.74, 6) is -0.154. The Hall–Kier alpha value is -3.73. The summed E-state index contributed by atoms with van der Waals surface area (Å²) in [6.07, 6.45) is 10.2. The summed E-state index contributed by atoms with van der Waals surface area (Å²) >= 11 is 0. The first-order chi connectivity index (χ1) is 18.0. The first-order valence-corrected chi connectivity index (χ1v) is 12.6. The molecule has 0 atom stereocenters. The molecule has 0 bridgehead atoms. The highest BCUT2D eigenvalue weighted by Gasteiger charge is 2.37. The number of nitrogens with zero attached hydrogens (tertiary/aromatic N) is 4. The van der Waals surface area contributed by atoms with Crippen molar-refractivity contribution < 1.29 is 18.0 Å². The third-order valence-electron chi connectivity index (χ3n) is 6.82. The molecule has 0 saturated carbocycles. The number of aromatic nitrogens is 2. The van der Waals surface area contributed by atoms with Gasteiger partial charge in [-0.25, -0.2) is 9.97 Å². The van der Waals surface area contributed by atoms with E-state index in [4.69, 9.17) is 0 Å². The van der Waals surface area contributed by atoms with E-state index in [0.717, 1.165) is 18.1 Å². The molecule has 0 radical (unpaired) electrons. The Labute approximate surface area is 223 Å². The van der Waals surface area contributed by atoms with E-state index in [1.54, 1.807) is 36.2 Å². The van der Waals surface area contributed by atoms with Gasteiger partial charge in [-0.15, -0.1) is 0 Å². The van der Waals surface area contributed by atoms with Crippen molar-refractivity contribution in [1.29, 1.82) is 5.26 Å². The van der Waals surface area contributed by atoms with Gasteiger partial charge in [-0.2, -0.15) is 18.4 Å². The first-order valence-electron chi connectivity index (χ1n) is 12.6. The second kappa shape index (κ2) is 13.7. The number of amides is 1. The lowest BCUT2D eigenvalue weighted by molar-refractivity contribution is -0.128. The van der Waals surface area contributed by atoms with Gasteiger partial charge in [0, 0.05) is 30.4 Å². The number of piperidine rings is 1. The van der Waals surface area contributed by atoms with Gasteiger partial charge in [-0.1, -0.05) is 55.0 Å². The molecule has 1 aromatic heterocycles. The largest absolute Gasteiger partial charge is 0.415 e. The SMILES string of the molecule is C=C(/C=C\C(=C/C)CC1(C#N)CCN(C(=O)C(/C=C\C=C(/C)CC)=C(/C)c2ccncn2)CC1)C(F)(F)F. The monoisotopic (exact) mass is 524 g/mol. The molecule has 0 aliphatic carbocycles. The van der Waals surface area contributed by atoms with Gasteiger partial charge in [0.25, 0.3) is 5.91 Å². The second-order valence-corrected chi connectivity index (χ2v) is 9.44. The van der Waals surface area contributed by atoms with E-state index >= 15 is 0 Å². The quantitative estimate of drug-likeness (QED) is 0.251. The third kappa shape index (κ3) is 8.41. The molecule has 38 heavy (non-hydrogen) atoms. The Morgan fingerprint density at radius 1 is 1.24 bits per heavy atom. The summed E-state index contributed by atoms with van der Waals surface area (Å²) in [6, 6.07) is 4.13. The summed E-state index contributed by atoms with van der Waals surface area (Å²) in [4.78, 5) is 23.6. The van der Waals surface area contributed by atoms with Crippen molar-refractivity contribution in [2.24, 2.45) is 5.41 Å². The van der Waals surface area contributed by atoms with Crippen LogP contribution in [0.5, 0.6) is 0 Å². The molecule has 202 valence electrons. The minimum atomic E-state index is -4.50. The molecule has 1 aliphatic rings. The number of carbonyl (C=O) groups excluding carboxylic acids is 1. The third-order valence-corrected chi connectivity index (χ3v) is 6.82. The van der Waals surface area contributed by atoms with E-state index in [0.29, 0.717) is 49.2 Å². The van der Waals surface area contributed by atoms with Crippen LogP contribution in [0.15, 0.2) is 83.9 Å². The number of hydrogen-bond acceptors (Lipinski definition) is 4. The Bertz CT molecular complexity index is 1190. The number of hydrogen-bond donors (Lipinski definition) is 0. The molecule has 1 amide bonds. The summed E-state index contributed by atoms with van der Waals surface area (Å²) in [5, 5.41) is 10.0. The van der Waals surface area contributed by atoms with Gasteiger partial charge in [0.15, 0.2) is 0 Å². The van der Waals surface area contributed by atoms with Crippen LogP contribution in [0, 0.1) is 16.7 Å². The van der Waals surface area contributed by atoms with Crippen molar-refractivity contribution >= 4 is 11.5 Å². The molecule has 5 nitrogen and oxygen atoms in total. The molecule has 8 heteroatoms. The highest BCUT2D eigenvalue weighted by Crippen LogP contribution is 2.38. The molecule has 0 aromatic carbocycles. The van der Waals surface area contributed by atoms with Crippen molar-refractivity contribution in [1.82, 2.24) is 14.9 Å². The zero-order valence-electron chi connectivity index (χ0n) is 22.5. The Kier molecular flexibility index (Phi) is 11.0. The Morgan fingerprint density at radius 2 is 1.92 bits per heavy atom. The Balaban J connectivity index is 2.24. The molecule has 1 saturated heterocycles. The van der Waals surface area contributed by atoms with E-state index in [9.17, 15) is 23.2 Å². The van der Waals surface area contributed by atoms with E-state index in [1.165, 1.54) is 18.0 Å². The van der Waals surface area contributed by atoms with Gasteiger partial charge in [0.1, 0.15) is 6.33 Å². The minimum absolute atomic E-state index is 0.154. The predicted octanol–water partition coefficient (Wildman–Crippen LogP) is 7.31. The highest BCUT2D eigenvalue weighted by molar-refractivity contribution is 6.03. The first kappa shape index (κ1) is 30.5. The number of carbonyl (C=O) groups is 1. The fourth-order valence-electron chi connectivity index (χ4n) is 4.02. The molecule has 0 spiro atoms. The summed E-state index contributed by atoms with van der Waals surface area (Å²) in [7, 11) is 0. The minimum Gasteiger partial charge on any atom is -0.339 e. The lowest BCUT2D eigenvalue weighted by Gasteiger charge is -2.38. The van der Waals surface area contributed by atoms with Crippen molar-refractivity contribution in [2.45, 2.75) is 59.6 Å². The van der Waals surface area contributed by atoms with Crippen molar-refractivity contribution in [3.8, 4) is 6.07 Å². The molecule has 0 N–H and O–H groups in total. The van der Waals surface area contributed by atoms with Gasteiger partial charge < -0.3 is 4.90 Å². The van der Waals surface area contributed by atoms with Crippen molar-refractivity contribution in [3.63, 3.8) is 0 Å². The molecule has 2 rings (SSSR count). The van der Waals surface area contributed by atoms with Crippen LogP contribution in [-0.2, 0) is 4.79 Å². The van der Waals surface area contributed by atoms with Gasteiger partial charge in [-0.3, -0.25) is 4.79 Å². The summed E-state index contributed by atoms with van der Waals surface area (Å²) in [5.41, 5.74) is 1.96. The lowest BCUT2D eigenvalue weighted by Crippen LogP contribution is -2.43. The van der Waals surface area contributed by atoms with Crippen LogP contribution in [0.1, 0.15) is 59.1 Å². The van der Waals surface area contributed by atoms with E-state index in [1.807, 2.05) is 26.0 Å². The maximum Gasteiger partial charge on any atom is 0.415 e. The average Bonchev–Trinajstić information content (AvgIpc) is 2.92. The van der Waals surface area contributed by atoms with Crippen LogP contribution in [0.25, 0.3) is 5.57 Å². The number of nitriles is 1. The number of likely N-dealkylation sites (tertiary alicyclic amines) is 1. The van der Waals surface area contributed by atoms with E-state index < -0.39 is 17.2 Å². The summed E-state index contributed by atoms with van der Waals surface area (Å²) < 4.78 is 38.4. The second-order valence-electron chi connectivity index (χ2n) is 9.44. The van der Waals surface area contributed by atoms with Crippen LogP contribution in [0.4, 0.5) is 13.2 Å². The van der Waals surface area contributed by atoms with Crippen LogP contribution >= 0.6 is 0 Å². The van der Waals surface area contributed by atoms with Crippen LogP contribution < -0.4 is 0 Å². The topological polar surface area (TPSA) is 69.9 Å². The molecule has 2 heterocycles. The number of alkyl halides is 3. The van der Waals surface area contributed by atoms with Gasteiger partial charge >= 0.3 is 6.18 Å².